The van der Waals surface area contributed by atoms with Crippen molar-refractivity contribution >= 4 is 11.6 Å². The number of amides is 1. The maximum atomic E-state index is 12.3. The van der Waals surface area contributed by atoms with Crippen LogP contribution in [0.15, 0.2) is 51.5 Å². The summed E-state index contributed by atoms with van der Waals surface area (Å²) in [5, 5.41) is 12.6. The standard InChI is InChI=1S/C18H18N2O4/c1-11(21)13-6-3-4-7-14(13)19-17(22)10-15-12(2)24-18(20-15)16-8-5-9-23-16/h3-9,11,21H,10H2,1-2H3,(H,19,22). The zero-order valence-electron chi connectivity index (χ0n) is 13.4. The third-order valence-electron chi connectivity index (χ3n) is 3.64. The molecule has 0 radical (unpaired) electrons. The molecule has 0 saturated carbocycles. The molecule has 1 unspecified atom stereocenters. The molecule has 124 valence electrons. The lowest BCUT2D eigenvalue weighted by Gasteiger charge is -2.12. The third-order valence-corrected chi connectivity index (χ3v) is 3.64. The largest absolute Gasteiger partial charge is 0.459 e. The zero-order chi connectivity index (χ0) is 17.1. The molecule has 1 amide bonds. The van der Waals surface area contributed by atoms with Crippen LogP contribution in [0.5, 0.6) is 0 Å². The van der Waals surface area contributed by atoms with E-state index in [4.69, 9.17) is 8.83 Å². The molecule has 0 spiro atoms. The van der Waals surface area contributed by atoms with E-state index in [9.17, 15) is 9.90 Å². The molecule has 0 aliphatic carbocycles. The summed E-state index contributed by atoms with van der Waals surface area (Å²) in [5.74, 6) is 1.21. The average Bonchev–Trinajstić information content (AvgIpc) is 3.18. The van der Waals surface area contributed by atoms with Crippen LogP contribution >= 0.6 is 0 Å². The topological polar surface area (TPSA) is 88.5 Å². The molecule has 24 heavy (non-hydrogen) atoms. The van der Waals surface area contributed by atoms with E-state index in [1.165, 1.54) is 6.26 Å². The first-order chi connectivity index (χ1) is 11.5. The summed E-state index contributed by atoms with van der Waals surface area (Å²) in [6, 6.07) is 10.6. The van der Waals surface area contributed by atoms with E-state index in [0.717, 1.165) is 0 Å². The Hall–Kier alpha value is -2.86. The number of aliphatic hydroxyl groups excluding tert-OH is 1. The van der Waals surface area contributed by atoms with E-state index in [-0.39, 0.29) is 12.3 Å². The molecule has 0 aliphatic rings. The van der Waals surface area contributed by atoms with Gasteiger partial charge in [-0.25, -0.2) is 4.98 Å². The molecule has 2 heterocycles. The Morgan fingerprint density at radius 1 is 1.29 bits per heavy atom. The van der Waals surface area contributed by atoms with Crippen molar-refractivity contribution in [2.75, 3.05) is 5.32 Å². The van der Waals surface area contributed by atoms with Crippen molar-refractivity contribution in [1.82, 2.24) is 4.98 Å². The molecule has 3 rings (SSSR count). The number of para-hydroxylation sites is 1. The number of benzene rings is 1. The highest BCUT2D eigenvalue weighted by molar-refractivity contribution is 5.93. The number of oxazole rings is 1. The first-order valence-corrected chi connectivity index (χ1v) is 7.61. The molecule has 0 bridgehead atoms. The molecule has 0 fully saturated rings. The third kappa shape index (κ3) is 3.38. The first-order valence-electron chi connectivity index (χ1n) is 7.61. The second-order valence-corrected chi connectivity index (χ2v) is 5.49. The number of rotatable bonds is 5. The van der Waals surface area contributed by atoms with Gasteiger partial charge >= 0.3 is 0 Å². The quantitative estimate of drug-likeness (QED) is 0.749. The molecule has 6 nitrogen and oxygen atoms in total. The minimum absolute atomic E-state index is 0.0736. The predicted octanol–water partition coefficient (Wildman–Crippen LogP) is 3.48. The van der Waals surface area contributed by atoms with Gasteiger partial charge in [0.2, 0.25) is 5.91 Å². The fourth-order valence-electron chi connectivity index (χ4n) is 2.42. The van der Waals surface area contributed by atoms with E-state index >= 15 is 0 Å². The fourth-order valence-corrected chi connectivity index (χ4v) is 2.42. The molecule has 1 atom stereocenters. The monoisotopic (exact) mass is 326 g/mol. The average molecular weight is 326 g/mol. The number of nitrogens with one attached hydrogen (secondary N) is 1. The summed E-state index contributed by atoms with van der Waals surface area (Å²) < 4.78 is 10.8. The molecule has 2 aromatic heterocycles. The van der Waals surface area contributed by atoms with Gasteiger partial charge < -0.3 is 19.3 Å². The van der Waals surface area contributed by atoms with Crippen LogP contribution in [0.1, 0.15) is 30.0 Å². The Morgan fingerprint density at radius 3 is 2.79 bits per heavy atom. The van der Waals surface area contributed by atoms with Crippen LogP contribution in [0.4, 0.5) is 5.69 Å². The van der Waals surface area contributed by atoms with Gasteiger partial charge in [-0.2, -0.15) is 0 Å². The summed E-state index contributed by atoms with van der Waals surface area (Å²) in [6.45, 7) is 3.41. The number of aliphatic hydroxyl groups is 1. The Labute approximate surface area is 139 Å². The highest BCUT2D eigenvalue weighted by Crippen LogP contribution is 2.24. The van der Waals surface area contributed by atoms with Crippen molar-refractivity contribution in [2.45, 2.75) is 26.4 Å². The van der Waals surface area contributed by atoms with E-state index in [0.29, 0.717) is 34.4 Å². The van der Waals surface area contributed by atoms with Crippen LogP contribution in [0, 0.1) is 6.92 Å². The molecular formula is C18H18N2O4. The van der Waals surface area contributed by atoms with Gasteiger partial charge in [0.15, 0.2) is 5.76 Å². The Morgan fingerprint density at radius 2 is 2.08 bits per heavy atom. The van der Waals surface area contributed by atoms with Gasteiger partial charge in [0.1, 0.15) is 5.76 Å². The van der Waals surface area contributed by atoms with Gasteiger partial charge in [-0.3, -0.25) is 4.79 Å². The first kappa shape index (κ1) is 16.0. The maximum absolute atomic E-state index is 12.3. The van der Waals surface area contributed by atoms with E-state index < -0.39 is 6.10 Å². The van der Waals surface area contributed by atoms with Gasteiger partial charge in [-0.05, 0) is 32.0 Å². The van der Waals surface area contributed by atoms with Crippen LogP contribution in [0.25, 0.3) is 11.7 Å². The smallest absolute Gasteiger partial charge is 0.263 e. The highest BCUT2D eigenvalue weighted by Gasteiger charge is 2.17. The molecule has 2 N–H and O–H groups in total. The van der Waals surface area contributed by atoms with Gasteiger partial charge in [0, 0.05) is 11.3 Å². The van der Waals surface area contributed by atoms with Gasteiger partial charge in [0.25, 0.3) is 5.89 Å². The van der Waals surface area contributed by atoms with Crippen LogP contribution in [-0.2, 0) is 11.2 Å². The second-order valence-electron chi connectivity index (χ2n) is 5.49. The molecule has 0 aliphatic heterocycles. The number of carbonyl (C=O) groups excluding carboxylic acids is 1. The number of furan rings is 1. The fraction of sp³-hybridized carbons (Fsp3) is 0.222. The maximum Gasteiger partial charge on any atom is 0.263 e. The van der Waals surface area contributed by atoms with Crippen molar-refractivity contribution in [3.8, 4) is 11.7 Å². The van der Waals surface area contributed by atoms with Gasteiger partial charge in [0.05, 0.1) is 24.5 Å². The van der Waals surface area contributed by atoms with Crippen molar-refractivity contribution in [2.24, 2.45) is 0 Å². The predicted molar refractivity (Wildman–Crippen MR) is 88.4 cm³/mol. The summed E-state index contributed by atoms with van der Waals surface area (Å²) >= 11 is 0. The number of hydrogen-bond acceptors (Lipinski definition) is 5. The van der Waals surface area contributed by atoms with E-state index in [2.05, 4.69) is 10.3 Å². The second kappa shape index (κ2) is 6.72. The van der Waals surface area contributed by atoms with E-state index in [1.807, 2.05) is 6.07 Å². The Kier molecular flexibility index (Phi) is 4.48. The van der Waals surface area contributed by atoms with Gasteiger partial charge in [-0.1, -0.05) is 18.2 Å². The number of nitrogens with zero attached hydrogens (tertiary/aromatic N) is 1. The van der Waals surface area contributed by atoms with Crippen LogP contribution in [0.2, 0.25) is 0 Å². The van der Waals surface area contributed by atoms with Crippen LogP contribution < -0.4 is 5.32 Å². The highest BCUT2D eigenvalue weighted by atomic mass is 16.4. The number of aromatic nitrogens is 1. The van der Waals surface area contributed by atoms with E-state index in [1.54, 1.807) is 44.2 Å². The summed E-state index contributed by atoms with van der Waals surface area (Å²) in [4.78, 5) is 16.6. The lowest BCUT2D eigenvalue weighted by molar-refractivity contribution is -0.115. The van der Waals surface area contributed by atoms with Crippen molar-refractivity contribution in [3.63, 3.8) is 0 Å². The molecule has 1 aromatic carbocycles. The molecular weight excluding hydrogens is 308 g/mol. The van der Waals surface area contributed by atoms with Crippen molar-refractivity contribution in [1.29, 1.82) is 0 Å². The van der Waals surface area contributed by atoms with Crippen molar-refractivity contribution < 1.29 is 18.7 Å². The normalized spacial score (nSPS) is 12.1. The number of aryl methyl sites for hydroxylation is 1. The SMILES string of the molecule is Cc1oc(-c2ccco2)nc1CC(=O)Nc1ccccc1C(C)O. The summed E-state index contributed by atoms with van der Waals surface area (Å²) in [5.41, 5.74) is 1.80. The lowest BCUT2D eigenvalue weighted by atomic mass is 10.1. The molecule has 0 saturated heterocycles. The lowest BCUT2D eigenvalue weighted by Crippen LogP contribution is -2.16. The van der Waals surface area contributed by atoms with Gasteiger partial charge in [-0.15, -0.1) is 0 Å². The minimum Gasteiger partial charge on any atom is -0.459 e. The van der Waals surface area contributed by atoms with Crippen LogP contribution in [-0.4, -0.2) is 16.0 Å². The summed E-state index contributed by atoms with van der Waals surface area (Å²) in [7, 11) is 0. The molecule has 6 heteroatoms. The Bertz CT molecular complexity index is 835. The minimum atomic E-state index is -0.666. The Balaban J connectivity index is 1.74. The number of carbonyl (C=O) groups is 1. The summed E-state index contributed by atoms with van der Waals surface area (Å²) in [6.07, 6.45) is 0.944. The van der Waals surface area contributed by atoms with Crippen molar-refractivity contribution in [3.05, 3.63) is 59.7 Å². The molecule has 3 aromatic rings. The zero-order valence-corrected chi connectivity index (χ0v) is 13.4. The van der Waals surface area contributed by atoms with Crippen LogP contribution in [0.3, 0.4) is 0 Å². The number of hydrogen-bond donors (Lipinski definition) is 2. The number of anilines is 1.